The Morgan fingerprint density at radius 3 is 2.79 bits per heavy atom. The first-order valence-electron chi connectivity index (χ1n) is 8.63. The molecule has 0 spiro atoms. The van der Waals surface area contributed by atoms with Crippen LogP contribution in [0.3, 0.4) is 0 Å². The summed E-state index contributed by atoms with van der Waals surface area (Å²) in [6, 6.07) is 14.6. The molecule has 3 rings (SSSR count). The van der Waals surface area contributed by atoms with E-state index >= 15 is 0 Å². The van der Waals surface area contributed by atoms with Crippen LogP contribution in [0.5, 0.6) is 0 Å². The predicted octanol–water partition coefficient (Wildman–Crippen LogP) is 3.34. The van der Waals surface area contributed by atoms with Crippen LogP contribution in [-0.4, -0.2) is 41.6 Å². The summed E-state index contributed by atoms with van der Waals surface area (Å²) < 4.78 is 5.08. The van der Waals surface area contributed by atoms with Crippen molar-refractivity contribution < 1.29 is 19.1 Å². The van der Waals surface area contributed by atoms with Crippen LogP contribution < -0.4 is 5.32 Å². The van der Waals surface area contributed by atoms with E-state index in [2.05, 4.69) is 5.32 Å². The number of hydrogen-bond donors (Lipinski definition) is 1. The van der Waals surface area contributed by atoms with Crippen molar-refractivity contribution in [3.05, 3.63) is 59.1 Å². The second-order valence-electron chi connectivity index (χ2n) is 6.34. The molecule has 0 unspecified atom stereocenters. The van der Waals surface area contributed by atoms with Gasteiger partial charge >= 0.3 is 5.97 Å². The van der Waals surface area contributed by atoms with Crippen molar-refractivity contribution in [3.8, 4) is 0 Å². The molecule has 0 fully saturated rings. The highest BCUT2D eigenvalue weighted by Gasteiger charge is 2.29. The van der Waals surface area contributed by atoms with Gasteiger partial charge in [-0.05, 0) is 29.8 Å². The van der Waals surface area contributed by atoms with E-state index in [9.17, 15) is 14.4 Å². The van der Waals surface area contributed by atoms with Gasteiger partial charge in [0.25, 0.3) is 5.91 Å². The molecular weight excluding hydrogens is 400 g/mol. The van der Waals surface area contributed by atoms with E-state index in [4.69, 9.17) is 16.3 Å². The summed E-state index contributed by atoms with van der Waals surface area (Å²) in [7, 11) is 1.62. The van der Waals surface area contributed by atoms with Gasteiger partial charge in [-0.2, -0.15) is 0 Å². The number of anilines is 1. The van der Waals surface area contributed by atoms with E-state index in [1.807, 2.05) is 30.3 Å². The quantitative estimate of drug-likeness (QED) is 0.728. The maximum Gasteiger partial charge on any atom is 0.307 e. The number of carbonyl (C=O) groups excluding carboxylic acids is 3. The summed E-state index contributed by atoms with van der Waals surface area (Å²) >= 11 is 7.26. The Labute approximate surface area is 172 Å². The van der Waals surface area contributed by atoms with Crippen molar-refractivity contribution in [2.75, 3.05) is 19.0 Å². The van der Waals surface area contributed by atoms with Gasteiger partial charge < -0.3 is 15.0 Å². The molecule has 6 nitrogen and oxygen atoms in total. The average Bonchev–Trinajstić information content (AvgIpc) is 2.66. The van der Waals surface area contributed by atoms with E-state index in [0.717, 1.165) is 16.1 Å². The van der Waals surface area contributed by atoms with E-state index in [-0.39, 0.29) is 24.8 Å². The molecule has 1 heterocycles. The number of hydrogen-bond acceptors (Lipinski definition) is 5. The maximum absolute atomic E-state index is 12.2. The van der Waals surface area contributed by atoms with Crippen LogP contribution in [0.1, 0.15) is 12.0 Å². The molecule has 0 saturated heterocycles. The van der Waals surface area contributed by atoms with Crippen LogP contribution in [0, 0.1) is 0 Å². The topological polar surface area (TPSA) is 75.7 Å². The minimum atomic E-state index is -0.587. The standard InChI is InChI=1S/C20H19ClN2O4S/c1-23(11-13-5-4-6-14(21)9-13)18(24)12-27-19(25)10-17-20(26)22-15-7-2-3-8-16(15)28-17/h2-9,17H,10-12H2,1H3,(H,22,26)/t17-/m0/s1. The average molecular weight is 419 g/mol. The second-order valence-corrected chi connectivity index (χ2v) is 8.02. The number of halogens is 1. The smallest absolute Gasteiger partial charge is 0.307 e. The largest absolute Gasteiger partial charge is 0.456 e. The van der Waals surface area contributed by atoms with E-state index in [0.29, 0.717) is 11.6 Å². The monoisotopic (exact) mass is 418 g/mol. The van der Waals surface area contributed by atoms with Crippen molar-refractivity contribution in [2.24, 2.45) is 0 Å². The molecule has 28 heavy (non-hydrogen) atoms. The van der Waals surface area contributed by atoms with Crippen LogP contribution >= 0.6 is 23.4 Å². The third-order valence-corrected chi connectivity index (χ3v) is 5.66. The predicted molar refractivity (Wildman–Crippen MR) is 108 cm³/mol. The number of benzene rings is 2. The lowest BCUT2D eigenvalue weighted by molar-refractivity contribution is -0.152. The lowest BCUT2D eigenvalue weighted by Gasteiger charge is -2.23. The molecule has 0 saturated carbocycles. The van der Waals surface area contributed by atoms with Crippen molar-refractivity contribution in [3.63, 3.8) is 0 Å². The van der Waals surface area contributed by atoms with Crippen LogP contribution in [-0.2, 0) is 25.7 Å². The number of likely N-dealkylation sites (N-methyl/N-ethyl adjacent to an activating group) is 1. The Bertz CT molecular complexity index is 905. The molecule has 1 aliphatic rings. The van der Waals surface area contributed by atoms with Crippen molar-refractivity contribution >= 4 is 46.8 Å². The zero-order valence-electron chi connectivity index (χ0n) is 15.2. The highest BCUT2D eigenvalue weighted by Crippen LogP contribution is 2.36. The number of nitrogens with one attached hydrogen (secondary N) is 1. The van der Waals surface area contributed by atoms with Crippen LogP contribution in [0.4, 0.5) is 5.69 Å². The third kappa shape index (κ3) is 5.27. The number of amides is 2. The number of ether oxygens (including phenoxy) is 1. The van der Waals surface area contributed by atoms with Crippen molar-refractivity contribution in [1.29, 1.82) is 0 Å². The van der Waals surface area contributed by atoms with Gasteiger partial charge in [-0.25, -0.2) is 0 Å². The van der Waals surface area contributed by atoms with Crippen molar-refractivity contribution in [2.45, 2.75) is 23.1 Å². The number of fused-ring (bicyclic) bond motifs is 1. The molecule has 2 aromatic carbocycles. The molecule has 0 bridgehead atoms. The van der Waals surface area contributed by atoms with Crippen LogP contribution in [0.15, 0.2) is 53.4 Å². The Morgan fingerprint density at radius 2 is 2.00 bits per heavy atom. The zero-order chi connectivity index (χ0) is 20.1. The minimum Gasteiger partial charge on any atom is -0.456 e. The summed E-state index contributed by atoms with van der Waals surface area (Å²) in [5.41, 5.74) is 1.61. The van der Waals surface area contributed by atoms with E-state index in [1.165, 1.54) is 16.7 Å². The summed E-state index contributed by atoms with van der Waals surface area (Å²) in [5, 5.41) is 2.79. The molecule has 1 N–H and O–H groups in total. The first-order valence-corrected chi connectivity index (χ1v) is 9.88. The number of carbonyl (C=O) groups is 3. The van der Waals surface area contributed by atoms with Gasteiger partial charge in [0.1, 0.15) is 0 Å². The summed E-state index contributed by atoms with van der Waals surface area (Å²) in [4.78, 5) is 38.8. The summed E-state index contributed by atoms with van der Waals surface area (Å²) in [6.45, 7) is -0.0138. The molecule has 1 atom stereocenters. The van der Waals surface area contributed by atoms with Gasteiger partial charge in [0.2, 0.25) is 5.91 Å². The fourth-order valence-electron chi connectivity index (χ4n) is 2.69. The minimum absolute atomic E-state index is 0.101. The zero-order valence-corrected chi connectivity index (χ0v) is 16.8. The van der Waals surface area contributed by atoms with Crippen molar-refractivity contribution in [1.82, 2.24) is 4.90 Å². The van der Waals surface area contributed by atoms with Gasteiger partial charge in [0.15, 0.2) is 6.61 Å². The molecular formula is C20H19ClN2O4S. The second kappa shape index (κ2) is 9.12. The number of esters is 1. The molecule has 8 heteroatoms. The number of nitrogens with zero attached hydrogens (tertiary/aromatic N) is 1. The van der Waals surface area contributed by atoms with Crippen LogP contribution in [0.2, 0.25) is 5.02 Å². The first kappa shape index (κ1) is 20.2. The Balaban J connectivity index is 1.47. The molecule has 0 aromatic heterocycles. The molecule has 146 valence electrons. The third-order valence-electron chi connectivity index (χ3n) is 4.15. The molecule has 2 amide bonds. The summed E-state index contributed by atoms with van der Waals surface area (Å²) in [6.07, 6.45) is -0.101. The maximum atomic E-state index is 12.2. The van der Waals surface area contributed by atoms with Gasteiger partial charge in [-0.1, -0.05) is 35.9 Å². The lowest BCUT2D eigenvalue weighted by atomic mass is 10.2. The van der Waals surface area contributed by atoms with E-state index in [1.54, 1.807) is 25.2 Å². The van der Waals surface area contributed by atoms with Gasteiger partial charge in [-0.3, -0.25) is 14.4 Å². The van der Waals surface area contributed by atoms with Gasteiger partial charge in [0.05, 0.1) is 17.4 Å². The highest BCUT2D eigenvalue weighted by molar-refractivity contribution is 8.01. The fourth-order valence-corrected chi connectivity index (χ4v) is 4.00. The van der Waals surface area contributed by atoms with Gasteiger partial charge in [0, 0.05) is 23.5 Å². The SMILES string of the molecule is CN(Cc1cccc(Cl)c1)C(=O)COC(=O)C[C@@H]1Sc2ccccc2NC1=O. The normalized spacial score (nSPS) is 15.4. The fraction of sp³-hybridized carbons (Fsp3) is 0.250. The van der Waals surface area contributed by atoms with Crippen LogP contribution in [0.25, 0.3) is 0 Å². The molecule has 0 aliphatic carbocycles. The molecule has 1 aliphatic heterocycles. The van der Waals surface area contributed by atoms with Gasteiger partial charge in [-0.15, -0.1) is 11.8 Å². The first-order chi connectivity index (χ1) is 13.4. The lowest BCUT2D eigenvalue weighted by Crippen LogP contribution is -2.33. The molecule has 0 radical (unpaired) electrons. The van der Waals surface area contributed by atoms with E-state index < -0.39 is 11.2 Å². The Kier molecular flexibility index (Phi) is 6.59. The Hall–Kier alpha value is -2.51. The Morgan fingerprint density at radius 1 is 1.21 bits per heavy atom. The number of rotatable bonds is 6. The molecule has 2 aromatic rings. The number of thioether (sulfide) groups is 1. The summed E-state index contributed by atoms with van der Waals surface area (Å²) in [5.74, 6) is -1.17. The number of para-hydroxylation sites is 1. The highest BCUT2D eigenvalue weighted by atomic mass is 35.5.